The summed E-state index contributed by atoms with van der Waals surface area (Å²) in [5.74, 6) is -1.36. The molecule has 0 amide bonds. The van der Waals surface area contributed by atoms with Crippen molar-refractivity contribution in [2.24, 2.45) is 0 Å². The van der Waals surface area contributed by atoms with E-state index < -0.39 is 0 Å². The van der Waals surface area contributed by atoms with E-state index in [1.165, 1.54) is 0 Å². The van der Waals surface area contributed by atoms with Crippen LogP contribution in [-0.2, 0) is 19.2 Å². The van der Waals surface area contributed by atoms with Crippen LogP contribution in [0.2, 0.25) is 0 Å². The van der Waals surface area contributed by atoms with Gasteiger partial charge in [-0.25, -0.2) is 0 Å². The second-order valence-electron chi connectivity index (χ2n) is 19.5. The Hall–Kier alpha value is -8.36. The zero-order valence-electron chi connectivity index (χ0n) is 46.4. The third-order valence-corrected chi connectivity index (χ3v) is 15.9. The molecule has 0 N–H and O–H groups in total. The SMILES string of the molecule is O=C1C(Cl)=CC(=C(c2ccccc2)c2ccccc2)C=C1Cl.O=C1C(Cl)=CC(=C(c2ccccc2)c2ccccc2)C=C1Cl.O=C1C(Cl)=CC(=C(c2ccccc2)c2ccccc2)C=C1Cl.O=C1C(Cl)=CC(=C(c2ccccc2)c2ccccc2)C=C1Cl. The Balaban J connectivity index is 0.000000140. The Morgan fingerprint density at radius 3 is 0.375 bits per heavy atom. The topological polar surface area (TPSA) is 68.3 Å². The number of Topliss-reactive ketones (excluding diaryl/α,β-unsaturated/α-hetero) is 4. The average molecular weight is 1310 g/mol. The molecule has 88 heavy (non-hydrogen) atoms. The molecule has 0 aliphatic heterocycles. The van der Waals surface area contributed by atoms with Gasteiger partial charge >= 0.3 is 0 Å². The van der Waals surface area contributed by atoms with Crippen molar-refractivity contribution in [3.63, 3.8) is 0 Å². The van der Waals surface area contributed by atoms with E-state index >= 15 is 0 Å². The van der Waals surface area contributed by atoms with E-state index in [-0.39, 0.29) is 63.4 Å². The van der Waals surface area contributed by atoms with Gasteiger partial charge in [0.05, 0.1) is 40.3 Å². The number of carbonyl (C=O) groups excluding carboxylic acids is 4. The van der Waals surface area contributed by atoms with Crippen LogP contribution in [0.3, 0.4) is 0 Å². The second kappa shape index (κ2) is 31.0. The number of hydrogen-bond acceptors (Lipinski definition) is 4. The average Bonchev–Trinajstić information content (AvgIpc) is 3.01. The largest absolute Gasteiger partial charge is 0.287 e. The van der Waals surface area contributed by atoms with Crippen LogP contribution < -0.4 is 0 Å². The summed E-state index contributed by atoms with van der Waals surface area (Å²) >= 11 is 48.2. The van der Waals surface area contributed by atoms with Gasteiger partial charge in [-0.05, 0) is 138 Å². The third-order valence-electron chi connectivity index (χ3n) is 13.6. The van der Waals surface area contributed by atoms with Gasteiger partial charge < -0.3 is 0 Å². The Kier molecular flexibility index (Phi) is 22.6. The first-order valence-electron chi connectivity index (χ1n) is 27.2. The van der Waals surface area contributed by atoms with Gasteiger partial charge in [-0.3, -0.25) is 19.2 Å². The molecule has 0 heterocycles. The lowest BCUT2D eigenvalue weighted by atomic mass is 9.91. The zero-order valence-corrected chi connectivity index (χ0v) is 52.4. The molecule has 12 rings (SSSR count). The molecule has 0 radical (unpaired) electrons. The van der Waals surface area contributed by atoms with Gasteiger partial charge in [0, 0.05) is 0 Å². The van der Waals surface area contributed by atoms with E-state index in [4.69, 9.17) is 92.8 Å². The predicted octanol–water partition coefficient (Wildman–Crippen LogP) is 21.3. The van der Waals surface area contributed by atoms with Crippen molar-refractivity contribution < 1.29 is 19.2 Å². The molecule has 12 heteroatoms. The fourth-order valence-corrected chi connectivity index (χ4v) is 11.6. The first kappa shape index (κ1) is 64.1. The van der Waals surface area contributed by atoms with Gasteiger partial charge in [0.1, 0.15) is 0 Å². The lowest BCUT2D eigenvalue weighted by Crippen LogP contribution is -2.04. The lowest BCUT2D eigenvalue weighted by molar-refractivity contribution is -0.112. The first-order valence-corrected chi connectivity index (χ1v) is 30.3. The Labute approximate surface area is 551 Å². The second-order valence-corrected chi connectivity index (χ2v) is 22.8. The van der Waals surface area contributed by atoms with Gasteiger partial charge in [0.2, 0.25) is 23.1 Å². The van der Waals surface area contributed by atoms with Crippen molar-refractivity contribution in [2.45, 2.75) is 0 Å². The molecule has 8 aromatic carbocycles. The molecule has 0 atom stereocenters. The lowest BCUT2D eigenvalue weighted by Gasteiger charge is -2.15. The van der Waals surface area contributed by atoms with Crippen LogP contribution in [0, 0.1) is 0 Å². The highest BCUT2D eigenvalue weighted by Gasteiger charge is 2.24. The molecule has 0 spiro atoms. The number of benzene rings is 8. The molecule has 0 bridgehead atoms. The minimum absolute atomic E-state index is 0.131. The number of hydrogen-bond donors (Lipinski definition) is 0. The normalized spacial score (nSPS) is 14.5. The maximum Gasteiger partial charge on any atom is 0.215 e. The van der Waals surface area contributed by atoms with Crippen LogP contribution in [0.15, 0.2) is 354 Å². The highest BCUT2D eigenvalue weighted by Crippen LogP contribution is 2.38. The van der Waals surface area contributed by atoms with Gasteiger partial charge in [-0.2, -0.15) is 0 Å². The highest BCUT2D eigenvalue weighted by molar-refractivity contribution is 6.57. The molecule has 4 aliphatic carbocycles. The molecular formula is C76H48Cl8O4. The van der Waals surface area contributed by atoms with E-state index in [0.717, 1.165) is 89.1 Å². The van der Waals surface area contributed by atoms with Gasteiger partial charge in [-0.15, -0.1) is 0 Å². The van der Waals surface area contributed by atoms with Gasteiger partial charge in [-0.1, -0.05) is 335 Å². The monoisotopic (exact) mass is 1300 g/mol. The van der Waals surface area contributed by atoms with E-state index in [0.29, 0.717) is 0 Å². The number of carbonyl (C=O) groups is 4. The molecule has 0 saturated carbocycles. The predicted molar refractivity (Wildman–Crippen MR) is 367 cm³/mol. The van der Waals surface area contributed by atoms with Crippen molar-refractivity contribution in [3.05, 3.63) is 398 Å². The first-order chi connectivity index (χ1) is 42.7. The molecule has 0 saturated heterocycles. The van der Waals surface area contributed by atoms with Crippen molar-refractivity contribution in [1.29, 1.82) is 0 Å². The number of allylic oxidation sites excluding steroid dienone is 20. The quantitative estimate of drug-likeness (QED) is 0.152. The fraction of sp³-hybridized carbons (Fsp3) is 0. The highest BCUT2D eigenvalue weighted by atomic mass is 35.5. The van der Waals surface area contributed by atoms with Crippen LogP contribution in [0.1, 0.15) is 44.5 Å². The molecule has 8 aromatic rings. The Morgan fingerprint density at radius 1 is 0.170 bits per heavy atom. The molecule has 0 fully saturated rings. The Bertz CT molecular complexity index is 3500. The fourth-order valence-electron chi connectivity index (χ4n) is 9.66. The van der Waals surface area contributed by atoms with Crippen molar-refractivity contribution in [1.82, 2.24) is 0 Å². The summed E-state index contributed by atoms with van der Waals surface area (Å²) in [6, 6.07) is 79.7. The smallest absolute Gasteiger partial charge is 0.215 e. The maximum absolute atomic E-state index is 11.7. The van der Waals surface area contributed by atoms with Crippen LogP contribution >= 0.6 is 92.8 Å². The van der Waals surface area contributed by atoms with Crippen LogP contribution in [-0.4, -0.2) is 23.1 Å². The zero-order chi connectivity index (χ0) is 62.1. The minimum Gasteiger partial charge on any atom is -0.287 e. The molecule has 0 aromatic heterocycles. The minimum atomic E-state index is -0.340. The number of rotatable bonds is 8. The van der Waals surface area contributed by atoms with Gasteiger partial charge in [0.15, 0.2) is 0 Å². The van der Waals surface area contributed by atoms with Gasteiger partial charge in [0.25, 0.3) is 0 Å². The third kappa shape index (κ3) is 16.2. The van der Waals surface area contributed by atoms with Crippen LogP contribution in [0.5, 0.6) is 0 Å². The van der Waals surface area contributed by atoms with Crippen molar-refractivity contribution in [3.8, 4) is 0 Å². The summed E-state index contributed by atoms with van der Waals surface area (Å²) in [6.45, 7) is 0. The summed E-state index contributed by atoms with van der Waals surface area (Å²) in [5, 5.41) is 1.05. The summed E-state index contributed by atoms with van der Waals surface area (Å²) in [6.07, 6.45) is 13.4. The van der Waals surface area contributed by atoms with Crippen molar-refractivity contribution in [2.75, 3.05) is 0 Å². The van der Waals surface area contributed by atoms with Crippen molar-refractivity contribution >= 4 is 138 Å². The number of ketones is 4. The summed E-state index contributed by atoms with van der Waals surface area (Å²) in [5.41, 5.74) is 15.6. The number of halogens is 8. The summed E-state index contributed by atoms with van der Waals surface area (Å²) in [4.78, 5) is 47.0. The van der Waals surface area contributed by atoms with E-state index in [9.17, 15) is 19.2 Å². The van der Waals surface area contributed by atoms with E-state index in [2.05, 4.69) is 0 Å². The van der Waals surface area contributed by atoms with E-state index in [1.807, 2.05) is 243 Å². The Morgan fingerprint density at radius 2 is 0.273 bits per heavy atom. The summed E-state index contributed by atoms with van der Waals surface area (Å²) < 4.78 is 0. The molecule has 4 aliphatic rings. The molecule has 0 unspecified atom stereocenters. The van der Waals surface area contributed by atoms with Crippen LogP contribution in [0.4, 0.5) is 0 Å². The molecule has 432 valence electrons. The standard InChI is InChI=1S/4C19H12Cl2O/c4*20-16-11-15(12-17(21)19(16)22)18(13-7-3-1-4-8-13)14-9-5-2-6-10-14/h4*1-12H. The molecular weight excluding hydrogens is 1260 g/mol. The van der Waals surface area contributed by atoms with Crippen LogP contribution in [0.25, 0.3) is 22.3 Å². The maximum atomic E-state index is 11.7. The molecule has 4 nitrogen and oxygen atoms in total. The summed E-state index contributed by atoms with van der Waals surface area (Å²) in [7, 11) is 0. The van der Waals surface area contributed by atoms with E-state index in [1.54, 1.807) is 48.6 Å².